The lowest BCUT2D eigenvalue weighted by Gasteiger charge is -2.06. The molecule has 0 radical (unpaired) electrons. The third kappa shape index (κ3) is 2.39. The Balaban J connectivity index is 2.45. The molecule has 2 rings (SSSR count). The molecule has 0 spiro atoms. The first-order chi connectivity index (χ1) is 8.11. The summed E-state index contributed by atoms with van der Waals surface area (Å²) in [4.78, 5) is 0. The van der Waals surface area contributed by atoms with Gasteiger partial charge < -0.3 is 5.11 Å². The zero-order chi connectivity index (χ0) is 12.4. The van der Waals surface area contributed by atoms with Crippen molar-refractivity contribution in [3.8, 4) is 5.69 Å². The van der Waals surface area contributed by atoms with E-state index >= 15 is 0 Å². The van der Waals surface area contributed by atoms with E-state index in [1.807, 2.05) is 23.3 Å². The molecule has 0 saturated heterocycles. The number of aryl methyl sites for hydroxylation is 3. The van der Waals surface area contributed by atoms with Gasteiger partial charge >= 0.3 is 0 Å². The summed E-state index contributed by atoms with van der Waals surface area (Å²) in [7, 11) is 0. The zero-order valence-electron chi connectivity index (χ0n) is 10.6. The fourth-order valence-corrected chi connectivity index (χ4v) is 2.35. The van der Waals surface area contributed by atoms with Crippen molar-refractivity contribution < 1.29 is 9.67 Å². The first kappa shape index (κ1) is 11.9. The standard InChI is InChI=1S/C14H19N2O/c1-11-8-12(2)14(13(3)9-11)16-5-4-15(10-16)6-7-17/h4-5,8-10,17H,6-7H2,1-3H3/q+1. The summed E-state index contributed by atoms with van der Waals surface area (Å²) >= 11 is 0. The number of imidazole rings is 1. The highest BCUT2D eigenvalue weighted by Crippen LogP contribution is 2.20. The SMILES string of the molecule is Cc1cc(C)c(-n2cc[n+](CCO)c2)c(C)c1. The van der Waals surface area contributed by atoms with Gasteiger partial charge in [-0.2, -0.15) is 0 Å². The molecule has 0 aliphatic heterocycles. The Morgan fingerprint density at radius 3 is 2.41 bits per heavy atom. The molecule has 2 aromatic rings. The maximum Gasteiger partial charge on any atom is 0.249 e. The van der Waals surface area contributed by atoms with E-state index in [9.17, 15) is 0 Å². The second kappa shape index (κ2) is 4.72. The van der Waals surface area contributed by atoms with E-state index in [0.29, 0.717) is 6.54 Å². The van der Waals surface area contributed by atoms with Crippen molar-refractivity contribution in [3.63, 3.8) is 0 Å². The third-order valence-electron chi connectivity index (χ3n) is 2.94. The van der Waals surface area contributed by atoms with Gasteiger partial charge in [-0.3, -0.25) is 0 Å². The van der Waals surface area contributed by atoms with Crippen LogP contribution in [0.25, 0.3) is 5.69 Å². The monoisotopic (exact) mass is 231 g/mol. The topological polar surface area (TPSA) is 29.0 Å². The van der Waals surface area contributed by atoms with Crippen LogP contribution in [0.2, 0.25) is 0 Å². The lowest BCUT2D eigenvalue weighted by atomic mass is 10.1. The molecule has 1 aromatic carbocycles. The van der Waals surface area contributed by atoms with Gasteiger partial charge in [0.05, 0.1) is 6.61 Å². The fourth-order valence-electron chi connectivity index (χ4n) is 2.35. The largest absolute Gasteiger partial charge is 0.392 e. The van der Waals surface area contributed by atoms with Crippen LogP contribution in [0.4, 0.5) is 0 Å². The molecule has 0 aliphatic rings. The Morgan fingerprint density at radius 2 is 1.82 bits per heavy atom. The lowest BCUT2D eigenvalue weighted by molar-refractivity contribution is -0.697. The van der Waals surface area contributed by atoms with Crippen LogP contribution >= 0.6 is 0 Å². The second-order valence-electron chi connectivity index (χ2n) is 4.53. The number of aromatic nitrogens is 2. The van der Waals surface area contributed by atoms with Crippen molar-refractivity contribution in [1.29, 1.82) is 0 Å². The third-order valence-corrected chi connectivity index (χ3v) is 2.94. The molecule has 17 heavy (non-hydrogen) atoms. The van der Waals surface area contributed by atoms with Gasteiger partial charge in [0.15, 0.2) is 0 Å². The van der Waals surface area contributed by atoms with Crippen LogP contribution in [-0.4, -0.2) is 16.3 Å². The summed E-state index contributed by atoms with van der Waals surface area (Å²) in [5.74, 6) is 0. The molecular weight excluding hydrogens is 212 g/mol. The Morgan fingerprint density at radius 1 is 1.18 bits per heavy atom. The van der Waals surface area contributed by atoms with Gasteiger partial charge in [-0.25, -0.2) is 9.13 Å². The Kier molecular flexibility index (Phi) is 3.29. The van der Waals surface area contributed by atoms with E-state index in [1.54, 1.807) is 0 Å². The minimum absolute atomic E-state index is 0.167. The molecule has 3 nitrogen and oxygen atoms in total. The first-order valence-electron chi connectivity index (χ1n) is 5.88. The maximum absolute atomic E-state index is 8.91. The van der Waals surface area contributed by atoms with Gasteiger partial charge in [0, 0.05) is 0 Å². The van der Waals surface area contributed by atoms with Crippen molar-refractivity contribution >= 4 is 0 Å². The molecule has 3 heteroatoms. The molecule has 0 aliphatic carbocycles. The highest BCUT2D eigenvalue weighted by Gasteiger charge is 2.12. The molecule has 1 N–H and O–H groups in total. The molecule has 0 amide bonds. The number of aliphatic hydroxyl groups is 1. The summed E-state index contributed by atoms with van der Waals surface area (Å²) in [6.07, 6.45) is 6.02. The van der Waals surface area contributed by atoms with Crippen molar-refractivity contribution in [2.24, 2.45) is 0 Å². The minimum atomic E-state index is 0.167. The number of aliphatic hydroxyl groups excluding tert-OH is 1. The molecule has 90 valence electrons. The molecule has 0 fully saturated rings. The number of benzene rings is 1. The van der Waals surface area contributed by atoms with Gasteiger partial charge in [0.25, 0.3) is 0 Å². The van der Waals surface area contributed by atoms with E-state index in [0.717, 1.165) is 0 Å². The Bertz CT molecular complexity index is 506. The van der Waals surface area contributed by atoms with Gasteiger partial charge in [-0.1, -0.05) is 17.7 Å². The molecule has 1 aromatic heterocycles. The minimum Gasteiger partial charge on any atom is -0.392 e. The number of nitrogens with zero attached hydrogens (tertiary/aromatic N) is 2. The summed E-state index contributed by atoms with van der Waals surface area (Å²) in [6, 6.07) is 4.39. The quantitative estimate of drug-likeness (QED) is 0.800. The van der Waals surface area contributed by atoms with E-state index in [1.165, 1.54) is 22.4 Å². The highest BCUT2D eigenvalue weighted by molar-refractivity contribution is 5.48. The van der Waals surface area contributed by atoms with Crippen LogP contribution in [0.5, 0.6) is 0 Å². The van der Waals surface area contributed by atoms with Crippen molar-refractivity contribution in [2.45, 2.75) is 27.3 Å². The second-order valence-corrected chi connectivity index (χ2v) is 4.53. The lowest BCUT2D eigenvalue weighted by Crippen LogP contribution is -2.32. The van der Waals surface area contributed by atoms with Crippen molar-refractivity contribution in [1.82, 2.24) is 4.57 Å². The van der Waals surface area contributed by atoms with Crippen LogP contribution in [-0.2, 0) is 6.54 Å². The van der Waals surface area contributed by atoms with Crippen LogP contribution in [0.1, 0.15) is 16.7 Å². The highest BCUT2D eigenvalue weighted by atomic mass is 16.3. The average molecular weight is 231 g/mol. The maximum atomic E-state index is 8.91. The van der Waals surface area contributed by atoms with Gasteiger partial charge in [0.2, 0.25) is 6.33 Å². The van der Waals surface area contributed by atoms with E-state index in [4.69, 9.17) is 5.11 Å². The van der Waals surface area contributed by atoms with Gasteiger partial charge in [-0.15, -0.1) is 0 Å². The smallest absolute Gasteiger partial charge is 0.249 e. The average Bonchev–Trinajstić information content (AvgIpc) is 2.65. The van der Waals surface area contributed by atoms with E-state index in [2.05, 4.69) is 37.5 Å². The van der Waals surface area contributed by atoms with Crippen molar-refractivity contribution in [3.05, 3.63) is 47.5 Å². The van der Waals surface area contributed by atoms with Gasteiger partial charge in [0.1, 0.15) is 24.6 Å². The predicted octanol–water partition coefficient (Wildman–Crippen LogP) is 1.68. The van der Waals surface area contributed by atoms with Crippen LogP contribution in [0.15, 0.2) is 30.9 Å². The number of rotatable bonds is 3. The van der Waals surface area contributed by atoms with Crippen LogP contribution in [0, 0.1) is 20.8 Å². The predicted molar refractivity (Wildman–Crippen MR) is 67.3 cm³/mol. The van der Waals surface area contributed by atoms with Crippen LogP contribution < -0.4 is 4.57 Å². The molecular formula is C14H19N2O+. The van der Waals surface area contributed by atoms with E-state index in [-0.39, 0.29) is 6.61 Å². The van der Waals surface area contributed by atoms with E-state index < -0.39 is 0 Å². The normalized spacial score (nSPS) is 10.8. The van der Waals surface area contributed by atoms with Crippen LogP contribution in [0.3, 0.4) is 0 Å². The molecule has 0 atom stereocenters. The molecule has 1 heterocycles. The fraction of sp³-hybridized carbons (Fsp3) is 0.357. The zero-order valence-corrected chi connectivity index (χ0v) is 10.6. The summed E-state index contributed by atoms with van der Waals surface area (Å²) in [5, 5.41) is 8.91. The van der Waals surface area contributed by atoms with Crippen molar-refractivity contribution in [2.75, 3.05) is 6.61 Å². The number of hydrogen-bond acceptors (Lipinski definition) is 1. The molecule has 0 saturated carbocycles. The summed E-state index contributed by atoms with van der Waals surface area (Å²) < 4.78 is 4.10. The summed E-state index contributed by atoms with van der Waals surface area (Å²) in [6.45, 7) is 7.18. The first-order valence-corrected chi connectivity index (χ1v) is 5.88. The molecule has 0 bridgehead atoms. The van der Waals surface area contributed by atoms with Gasteiger partial charge in [-0.05, 0) is 31.9 Å². The molecule has 0 unspecified atom stereocenters. The Hall–Kier alpha value is -1.61. The Labute approximate surface area is 102 Å². The summed E-state index contributed by atoms with van der Waals surface area (Å²) in [5.41, 5.74) is 5.06. The number of hydrogen-bond donors (Lipinski definition) is 1.